The summed E-state index contributed by atoms with van der Waals surface area (Å²) in [7, 11) is 0. The second-order valence-electron chi connectivity index (χ2n) is 4.20. The van der Waals surface area contributed by atoms with E-state index in [0.717, 1.165) is 10.0 Å². The molecule has 1 N–H and O–H groups in total. The van der Waals surface area contributed by atoms with Crippen LogP contribution in [0.5, 0.6) is 0 Å². The van der Waals surface area contributed by atoms with Gasteiger partial charge in [-0.15, -0.1) is 0 Å². The number of halogens is 1. The average molecular weight is 295 g/mol. The molecule has 0 spiro atoms. The normalized spacial score (nSPS) is 11.9. The predicted molar refractivity (Wildman–Crippen MR) is 69.9 cm³/mol. The van der Waals surface area contributed by atoms with Gasteiger partial charge in [0, 0.05) is 11.0 Å². The van der Waals surface area contributed by atoms with Crippen LogP contribution in [0.2, 0.25) is 0 Å². The summed E-state index contributed by atoms with van der Waals surface area (Å²) in [5.74, 6) is -0.757. The summed E-state index contributed by atoms with van der Waals surface area (Å²) in [6.07, 6.45) is 0. The van der Waals surface area contributed by atoms with Crippen LogP contribution < -0.4 is 5.32 Å². The first kappa shape index (κ1) is 13.7. The van der Waals surface area contributed by atoms with Gasteiger partial charge in [0.25, 0.3) is 0 Å². The quantitative estimate of drug-likeness (QED) is 0.928. The predicted octanol–water partition coefficient (Wildman–Crippen LogP) is 2.86. The summed E-state index contributed by atoms with van der Waals surface area (Å²) in [6, 6.07) is 9.74. The fourth-order valence-corrected chi connectivity index (χ4v) is 1.90. The van der Waals surface area contributed by atoms with Crippen molar-refractivity contribution >= 4 is 21.8 Å². The Balaban J connectivity index is 2.57. The van der Waals surface area contributed by atoms with Gasteiger partial charge >= 0.3 is 0 Å². The SMILES string of the molecule is CC(C)C(C#N)C(=O)NCc1cccc(Br)c1. The fraction of sp³-hybridized carbons (Fsp3) is 0.385. The van der Waals surface area contributed by atoms with Crippen LogP contribution in [0, 0.1) is 23.2 Å². The highest BCUT2D eigenvalue weighted by molar-refractivity contribution is 9.10. The van der Waals surface area contributed by atoms with Crippen LogP contribution >= 0.6 is 15.9 Å². The number of hydrogen-bond acceptors (Lipinski definition) is 2. The van der Waals surface area contributed by atoms with Crippen LogP contribution in [-0.4, -0.2) is 5.91 Å². The van der Waals surface area contributed by atoms with Crippen LogP contribution in [0.1, 0.15) is 19.4 Å². The zero-order valence-electron chi connectivity index (χ0n) is 9.90. The van der Waals surface area contributed by atoms with Gasteiger partial charge in [-0.25, -0.2) is 0 Å². The van der Waals surface area contributed by atoms with Crippen LogP contribution in [0.4, 0.5) is 0 Å². The van der Waals surface area contributed by atoms with E-state index in [1.54, 1.807) is 0 Å². The number of nitriles is 1. The molecule has 0 saturated heterocycles. The Kier molecular flexibility index (Phi) is 5.17. The highest BCUT2D eigenvalue weighted by atomic mass is 79.9. The van der Waals surface area contributed by atoms with E-state index in [2.05, 4.69) is 21.2 Å². The summed E-state index contributed by atoms with van der Waals surface area (Å²) in [5, 5.41) is 11.7. The second kappa shape index (κ2) is 6.41. The van der Waals surface area contributed by atoms with Crippen LogP contribution in [0.3, 0.4) is 0 Å². The monoisotopic (exact) mass is 294 g/mol. The molecule has 0 bridgehead atoms. The summed E-state index contributed by atoms with van der Waals surface area (Å²) >= 11 is 3.37. The Hall–Kier alpha value is -1.34. The molecule has 0 fully saturated rings. The molecule has 0 aliphatic rings. The molecular formula is C13H15BrN2O. The lowest BCUT2D eigenvalue weighted by atomic mass is 9.96. The molecule has 0 aromatic heterocycles. The van der Waals surface area contributed by atoms with E-state index in [-0.39, 0.29) is 11.8 Å². The molecule has 1 atom stereocenters. The van der Waals surface area contributed by atoms with Gasteiger partial charge in [0.05, 0.1) is 6.07 Å². The van der Waals surface area contributed by atoms with Crippen molar-refractivity contribution in [3.63, 3.8) is 0 Å². The molecule has 1 unspecified atom stereocenters. The Bertz CT molecular complexity index is 437. The Morgan fingerprint density at radius 1 is 1.53 bits per heavy atom. The first-order chi connectivity index (χ1) is 8.04. The van der Waals surface area contributed by atoms with E-state index in [9.17, 15) is 4.79 Å². The summed E-state index contributed by atoms with van der Waals surface area (Å²) in [4.78, 5) is 11.7. The summed E-state index contributed by atoms with van der Waals surface area (Å²) in [5.41, 5.74) is 1.01. The highest BCUT2D eigenvalue weighted by Gasteiger charge is 2.20. The number of nitrogens with zero attached hydrogens (tertiary/aromatic N) is 1. The van der Waals surface area contributed by atoms with Crippen molar-refractivity contribution in [1.29, 1.82) is 5.26 Å². The third kappa shape index (κ3) is 4.20. The number of carbonyl (C=O) groups excluding carboxylic acids is 1. The van der Waals surface area contributed by atoms with Gasteiger partial charge in [-0.05, 0) is 23.6 Å². The van der Waals surface area contributed by atoms with Crippen LogP contribution in [0.25, 0.3) is 0 Å². The first-order valence-corrected chi connectivity index (χ1v) is 6.25. The Morgan fingerprint density at radius 3 is 2.76 bits per heavy atom. The van der Waals surface area contributed by atoms with Gasteiger partial charge in [0.15, 0.2) is 0 Å². The molecule has 17 heavy (non-hydrogen) atoms. The van der Waals surface area contributed by atoms with Gasteiger partial charge < -0.3 is 5.32 Å². The van der Waals surface area contributed by atoms with E-state index in [1.807, 2.05) is 44.2 Å². The van der Waals surface area contributed by atoms with E-state index < -0.39 is 5.92 Å². The lowest BCUT2D eigenvalue weighted by Gasteiger charge is -2.13. The third-order valence-electron chi connectivity index (χ3n) is 2.44. The largest absolute Gasteiger partial charge is 0.351 e. The van der Waals surface area contributed by atoms with Crippen molar-refractivity contribution < 1.29 is 4.79 Å². The standard InChI is InChI=1S/C13H15BrN2O/c1-9(2)12(7-15)13(17)16-8-10-4-3-5-11(14)6-10/h3-6,9,12H,8H2,1-2H3,(H,16,17). The number of rotatable bonds is 4. The van der Waals surface area contributed by atoms with Crippen molar-refractivity contribution in [1.82, 2.24) is 5.32 Å². The average Bonchev–Trinajstić information content (AvgIpc) is 2.27. The van der Waals surface area contributed by atoms with E-state index >= 15 is 0 Å². The lowest BCUT2D eigenvalue weighted by Crippen LogP contribution is -2.32. The Labute approximate surface area is 110 Å². The van der Waals surface area contributed by atoms with Crippen molar-refractivity contribution in [2.24, 2.45) is 11.8 Å². The van der Waals surface area contributed by atoms with Gasteiger partial charge in [-0.2, -0.15) is 5.26 Å². The molecule has 1 aromatic carbocycles. The van der Waals surface area contributed by atoms with Crippen molar-refractivity contribution in [2.75, 3.05) is 0 Å². The topological polar surface area (TPSA) is 52.9 Å². The maximum atomic E-state index is 11.7. The van der Waals surface area contributed by atoms with Crippen LogP contribution in [0.15, 0.2) is 28.7 Å². The number of nitrogens with one attached hydrogen (secondary N) is 1. The molecule has 0 aliphatic heterocycles. The molecule has 1 rings (SSSR count). The van der Waals surface area contributed by atoms with Gasteiger partial charge in [-0.1, -0.05) is 41.9 Å². The fourth-order valence-electron chi connectivity index (χ4n) is 1.46. The summed E-state index contributed by atoms with van der Waals surface area (Å²) < 4.78 is 0.977. The number of benzene rings is 1. The third-order valence-corrected chi connectivity index (χ3v) is 2.94. The van der Waals surface area contributed by atoms with Crippen molar-refractivity contribution in [3.05, 3.63) is 34.3 Å². The van der Waals surface area contributed by atoms with E-state index in [0.29, 0.717) is 6.54 Å². The molecule has 1 amide bonds. The molecule has 1 aromatic rings. The summed E-state index contributed by atoms with van der Waals surface area (Å²) in [6.45, 7) is 4.18. The van der Waals surface area contributed by atoms with Gasteiger partial charge in [0.2, 0.25) is 5.91 Å². The molecule has 4 heteroatoms. The van der Waals surface area contributed by atoms with Crippen molar-refractivity contribution in [2.45, 2.75) is 20.4 Å². The maximum absolute atomic E-state index is 11.7. The highest BCUT2D eigenvalue weighted by Crippen LogP contribution is 2.13. The Morgan fingerprint density at radius 2 is 2.24 bits per heavy atom. The lowest BCUT2D eigenvalue weighted by molar-refractivity contribution is -0.124. The smallest absolute Gasteiger partial charge is 0.237 e. The van der Waals surface area contributed by atoms with Crippen molar-refractivity contribution in [3.8, 4) is 6.07 Å². The minimum absolute atomic E-state index is 0.0301. The van der Waals surface area contributed by atoms with Gasteiger partial charge in [-0.3, -0.25) is 4.79 Å². The molecule has 0 aliphatic carbocycles. The minimum atomic E-state index is -0.581. The zero-order chi connectivity index (χ0) is 12.8. The molecule has 0 saturated carbocycles. The van der Waals surface area contributed by atoms with E-state index in [1.165, 1.54) is 0 Å². The number of hydrogen-bond donors (Lipinski definition) is 1. The maximum Gasteiger partial charge on any atom is 0.237 e. The zero-order valence-corrected chi connectivity index (χ0v) is 11.5. The molecule has 90 valence electrons. The minimum Gasteiger partial charge on any atom is -0.351 e. The molecule has 0 heterocycles. The molecular weight excluding hydrogens is 280 g/mol. The first-order valence-electron chi connectivity index (χ1n) is 5.46. The van der Waals surface area contributed by atoms with E-state index in [4.69, 9.17) is 5.26 Å². The second-order valence-corrected chi connectivity index (χ2v) is 5.11. The van der Waals surface area contributed by atoms with Gasteiger partial charge in [0.1, 0.15) is 5.92 Å². The number of amides is 1. The molecule has 3 nitrogen and oxygen atoms in total. The molecule has 0 radical (unpaired) electrons. The number of carbonyl (C=O) groups is 1. The van der Waals surface area contributed by atoms with Crippen LogP contribution in [-0.2, 0) is 11.3 Å².